The van der Waals surface area contributed by atoms with Crippen LogP contribution >= 0.6 is 0 Å². The topological polar surface area (TPSA) is 203 Å². The van der Waals surface area contributed by atoms with Gasteiger partial charge in [-0.25, -0.2) is 26.9 Å². The van der Waals surface area contributed by atoms with Gasteiger partial charge in [0.25, 0.3) is 0 Å². The lowest BCUT2D eigenvalue weighted by molar-refractivity contribution is 0.100. The zero-order valence-corrected chi connectivity index (χ0v) is 47.4. The summed E-state index contributed by atoms with van der Waals surface area (Å²) in [4.78, 5) is 62.1. The van der Waals surface area contributed by atoms with Gasteiger partial charge in [-0.2, -0.15) is 5.10 Å². The molecule has 0 spiro atoms. The Bertz CT molecular complexity index is 4040. The molecule has 0 aliphatic rings. The Morgan fingerprint density at radius 2 is 0.943 bits per heavy atom. The monoisotopic (exact) mass is 1180 g/mol. The summed E-state index contributed by atoms with van der Waals surface area (Å²) in [6.07, 6.45) is 13.7. The number of aliphatic hydroxyl groups is 1. The first-order valence-electron chi connectivity index (χ1n) is 26.9. The van der Waals surface area contributed by atoms with Gasteiger partial charge < -0.3 is 34.2 Å². The number of carbonyl (C=O) groups excluding carboxylic acids is 4. The second-order valence-electron chi connectivity index (χ2n) is 19.3. The van der Waals surface area contributed by atoms with Crippen LogP contribution in [0.5, 0.6) is 0 Å². The Morgan fingerprint density at radius 3 is 1.34 bits per heavy atom. The largest absolute Gasteiger partial charge is 0.506 e. The Balaban J connectivity index is 0.000000154. The van der Waals surface area contributed by atoms with E-state index in [2.05, 4.69) is 35.1 Å². The molecule has 0 saturated heterocycles. The second-order valence-corrected chi connectivity index (χ2v) is 19.3. The van der Waals surface area contributed by atoms with E-state index in [1.807, 2.05) is 60.5 Å². The number of H-pyrrole nitrogens is 5. The van der Waals surface area contributed by atoms with Crippen LogP contribution in [0, 0.1) is 29.1 Å². The molecule has 0 bridgehead atoms. The van der Waals surface area contributed by atoms with Crippen molar-refractivity contribution in [3.8, 4) is 0 Å². The van der Waals surface area contributed by atoms with Crippen LogP contribution < -0.4 is 0 Å². The van der Waals surface area contributed by atoms with Gasteiger partial charge in [0.2, 0.25) is 17.3 Å². The highest BCUT2D eigenvalue weighted by atomic mass is 19.1. The van der Waals surface area contributed by atoms with Gasteiger partial charge in [-0.15, -0.1) is 0 Å². The van der Waals surface area contributed by atoms with Crippen LogP contribution in [-0.2, 0) is 33.4 Å². The number of rotatable bonds is 14. The maximum absolute atomic E-state index is 12.9. The van der Waals surface area contributed by atoms with Crippen molar-refractivity contribution in [2.24, 2.45) is 14.1 Å². The minimum Gasteiger partial charge on any atom is -0.506 e. The van der Waals surface area contributed by atoms with E-state index >= 15 is 0 Å². The summed E-state index contributed by atoms with van der Waals surface area (Å²) < 4.78 is 67.1. The number of hydrogen-bond donors (Lipinski definition) is 6. The van der Waals surface area contributed by atoms with E-state index in [0.29, 0.717) is 46.7 Å². The van der Waals surface area contributed by atoms with Crippen molar-refractivity contribution < 1.29 is 46.2 Å². The van der Waals surface area contributed by atoms with Gasteiger partial charge in [-0.3, -0.25) is 24.3 Å². The molecule has 0 atom stereocenters. The van der Waals surface area contributed by atoms with Crippen LogP contribution in [0.2, 0.25) is 0 Å². The Labute approximate surface area is 497 Å². The molecule has 0 unspecified atom stereocenters. The van der Waals surface area contributed by atoms with Crippen molar-refractivity contribution in [1.82, 2.24) is 44.3 Å². The molecular formula is C68H60F5N9O5. The Morgan fingerprint density at radius 1 is 0.483 bits per heavy atom. The maximum Gasteiger partial charge on any atom is 0.226 e. The highest BCUT2D eigenvalue weighted by Gasteiger charge is 2.13. The molecule has 0 fully saturated rings. The molecule has 442 valence electrons. The molecule has 7 heterocycles. The standard InChI is InChI=1S/C16H13FN4O2.C13H12FNO.C12H10FNO.C11H8FNO.C11H10FN.C5H7N/c17-11-3-1-10(2-4-11)7-12-5-6-13(20-12)14(22)8-15(23)16-18-9-19-21-16;1-9(16)13-7-6-12(15-13)8-10-2-4-11(14)5-3-10;1-14-8-2-3-11(14)12(15)9-4-6-10(13)7-5-9;12-9-5-3-8(4-6-9)11(14)10-2-1-7-13-10;12-10-5-3-9(4-6-10)8-11-2-1-7-13-11;1-6-4-2-3-5-6/h1-6,8-9,20,22H,7H2,(H,18,19,21);2-7,15H,8H2,1H3;2-8H,1H3;1-7,13H;1-7,13H,8H2;2-5H,1H3. The third-order valence-corrected chi connectivity index (χ3v) is 12.6. The van der Waals surface area contributed by atoms with Gasteiger partial charge in [0.15, 0.2) is 11.6 Å². The fraction of sp³-hybridized carbons (Fsp3) is 0.0882. The molecule has 12 rings (SSSR count). The number of hydrogen-bond acceptors (Lipinski definition) is 7. The van der Waals surface area contributed by atoms with E-state index in [1.165, 1.54) is 98.2 Å². The molecule has 0 radical (unpaired) electrons. The van der Waals surface area contributed by atoms with Crippen molar-refractivity contribution in [1.29, 1.82) is 0 Å². The number of ketones is 4. The van der Waals surface area contributed by atoms with E-state index < -0.39 is 5.78 Å². The number of aryl methyl sites for hydroxylation is 2. The summed E-state index contributed by atoms with van der Waals surface area (Å²) >= 11 is 0. The lowest BCUT2D eigenvalue weighted by Crippen LogP contribution is -2.06. The fourth-order valence-electron chi connectivity index (χ4n) is 8.08. The zero-order chi connectivity index (χ0) is 62.1. The van der Waals surface area contributed by atoms with Crippen LogP contribution in [0.4, 0.5) is 22.0 Å². The predicted octanol–water partition coefficient (Wildman–Crippen LogP) is 14.1. The molecule has 0 saturated carbocycles. The Hall–Kier alpha value is -11.2. The number of nitrogens with one attached hydrogen (secondary N) is 5. The maximum atomic E-state index is 12.9. The smallest absolute Gasteiger partial charge is 0.226 e. The molecule has 14 nitrogen and oxygen atoms in total. The normalized spacial score (nSPS) is 10.5. The summed E-state index contributed by atoms with van der Waals surface area (Å²) in [5.41, 5.74) is 9.10. The number of aromatic amines is 5. The number of benzene rings is 5. The average molecular weight is 1180 g/mol. The first-order chi connectivity index (χ1) is 42.0. The zero-order valence-electron chi connectivity index (χ0n) is 47.4. The van der Waals surface area contributed by atoms with Crippen LogP contribution in [0.1, 0.15) is 99.6 Å². The van der Waals surface area contributed by atoms with Crippen LogP contribution in [0.3, 0.4) is 0 Å². The number of aromatic nitrogens is 9. The van der Waals surface area contributed by atoms with Crippen molar-refractivity contribution in [2.75, 3.05) is 0 Å². The third kappa shape index (κ3) is 20.6. The van der Waals surface area contributed by atoms with E-state index in [9.17, 15) is 46.2 Å². The molecule has 6 N–H and O–H groups in total. The first-order valence-corrected chi connectivity index (χ1v) is 26.9. The molecule has 0 aliphatic heterocycles. The van der Waals surface area contributed by atoms with Crippen molar-refractivity contribution in [3.05, 3.63) is 340 Å². The lowest BCUT2D eigenvalue weighted by Gasteiger charge is -2.02. The van der Waals surface area contributed by atoms with Crippen molar-refractivity contribution in [3.63, 3.8) is 0 Å². The van der Waals surface area contributed by atoms with Gasteiger partial charge in [0.05, 0.1) is 22.8 Å². The van der Waals surface area contributed by atoms with Crippen LogP contribution in [0.25, 0.3) is 5.76 Å². The predicted molar refractivity (Wildman–Crippen MR) is 323 cm³/mol. The van der Waals surface area contributed by atoms with Crippen LogP contribution in [0.15, 0.2) is 238 Å². The summed E-state index contributed by atoms with van der Waals surface area (Å²) in [5.74, 6) is -2.21. The molecule has 12 aromatic rings. The quantitative estimate of drug-likeness (QED) is 0.0269. The van der Waals surface area contributed by atoms with E-state index in [4.69, 9.17) is 0 Å². The van der Waals surface area contributed by atoms with E-state index in [-0.39, 0.29) is 58.0 Å². The minimum atomic E-state index is -0.477. The number of halogens is 5. The third-order valence-electron chi connectivity index (χ3n) is 12.6. The number of Topliss-reactive ketones (excluding diaryl/α,β-unsaturated/α-hetero) is 1. The van der Waals surface area contributed by atoms with Gasteiger partial charge in [0.1, 0.15) is 41.2 Å². The molecular weight excluding hydrogens is 1120 g/mol. The summed E-state index contributed by atoms with van der Waals surface area (Å²) in [6, 6.07) is 52.2. The number of nitrogens with zero attached hydrogens (tertiary/aromatic N) is 4. The number of allylic oxidation sites excluding steroid dienone is 1. The fourth-order valence-corrected chi connectivity index (χ4v) is 8.08. The molecule has 5 aromatic carbocycles. The Kier molecular flexibility index (Phi) is 23.3. The van der Waals surface area contributed by atoms with Gasteiger partial charge >= 0.3 is 0 Å². The first kappa shape index (κ1) is 63.4. The SMILES string of the molecule is CC(=O)c1ccc(Cc2ccc(F)cc2)[nH]1.Cn1cccc1.Cn1cccc1C(=O)c1ccc(F)cc1.Fc1ccc(Cc2ccc[nH]2)cc1.O=C(C=C(O)c1ccc(Cc2ccc(F)cc2)[nH]1)c1ncn[nH]1.O=C(c1ccc(F)cc1)c1ccc[nH]1. The van der Waals surface area contributed by atoms with E-state index in [0.717, 1.165) is 46.3 Å². The number of aliphatic hydroxyl groups excluding tert-OH is 1. The van der Waals surface area contributed by atoms with Gasteiger partial charge in [-0.1, -0.05) is 36.4 Å². The average Bonchev–Trinajstić information content (AvgIpc) is 4.37. The summed E-state index contributed by atoms with van der Waals surface area (Å²) in [7, 11) is 3.80. The molecule has 19 heteroatoms. The van der Waals surface area contributed by atoms with Crippen LogP contribution in [-0.4, -0.2) is 72.5 Å². The van der Waals surface area contributed by atoms with E-state index in [1.54, 1.807) is 103 Å². The van der Waals surface area contributed by atoms with Crippen molar-refractivity contribution >= 4 is 28.9 Å². The van der Waals surface area contributed by atoms with Crippen molar-refractivity contribution in [2.45, 2.75) is 26.2 Å². The summed E-state index contributed by atoms with van der Waals surface area (Å²) in [6.45, 7) is 1.52. The molecule has 87 heavy (non-hydrogen) atoms. The van der Waals surface area contributed by atoms with Gasteiger partial charge in [-0.05, 0) is 174 Å². The molecule has 0 amide bonds. The highest BCUT2D eigenvalue weighted by molar-refractivity contribution is 6.08. The van der Waals surface area contributed by atoms with Gasteiger partial charge in [0, 0.05) is 106 Å². The second kappa shape index (κ2) is 32.0. The molecule has 0 aliphatic carbocycles. The molecule has 7 aromatic heterocycles. The highest BCUT2D eigenvalue weighted by Crippen LogP contribution is 2.17. The lowest BCUT2D eigenvalue weighted by atomic mass is 10.1. The summed E-state index contributed by atoms with van der Waals surface area (Å²) in [5, 5.41) is 16.0. The number of carbonyl (C=O) groups is 4. The minimum absolute atomic E-state index is 0.0188.